The zero-order valence-electron chi connectivity index (χ0n) is 47.5. The molecule has 72 heavy (non-hydrogen) atoms. The minimum atomic E-state index is -0.0786. The fourth-order valence-electron chi connectivity index (χ4n) is 10.3. The molecule has 7 aromatic rings. The lowest BCUT2D eigenvalue weighted by Gasteiger charge is -2.50. The van der Waals surface area contributed by atoms with Crippen LogP contribution in [0, 0.1) is 86.5 Å². The molecule has 0 saturated heterocycles. The van der Waals surface area contributed by atoms with Crippen molar-refractivity contribution in [3.63, 3.8) is 0 Å². The summed E-state index contributed by atoms with van der Waals surface area (Å²) in [4.78, 5) is 0. The first-order chi connectivity index (χ1) is 34.2. The molecule has 0 radical (unpaired) electrons. The van der Waals surface area contributed by atoms with Crippen LogP contribution in [0.25, 0.3) is 22.3 Å². The maximum absolute atomic E-state index is 9.50. The Hall–Kier alpha value is -6.05. The Kier molecular flexibility index (Phi) is 22.0. The van der Waals surface area contributed by atoms with E-state index in [-0.39, 0.29) is 10.8 Å². The number of halogens is 1. The van der Waals surface area contributed by atoms with Gasteiger partial charge in [-0.2, -0.15) is 0 Å². The molecule has 7 aromatic carbocycles. The van der Waals surface area contributed by atoms with E-state index in [0.717, 1.165) is 12.8 Å². The molecule has 1 aliphatic rings. The first kappa shape index (κ1) is 58.5. The summed E-state index contributed by atoms with van der Waals surface area (Å²) in [6.07, 6.45) is 9.31. The monoisotopic (exact) mass is 961 g/mol. The molecule has 1 aliphatic carbocycles. The quantitative estimate of drug-likeness (QED) is 0.120. The Morgan fingerprint density at radius 3 is 1.58 bits per heavy atom. The van der Waals surface area contributed by atoms with E-state index in [2.05, 4.69) is 281 Å². The van der Waals surface area contributed by atoms with Crippen LogP contribution in [0.2, 0.25) is 0 Å². The summed E-state index contributed by atoms with van der Waals surface area (Å²) in [5.41, 5.74) is 23.2. The van der Waals surface area contributed by atoms with Gasteiger partial charge in [-0.05, 0) is 172 Å². The second-order valence-corrected chi connectivity index (χ2v) is 21.8. The van der Waals surface area contributed by atoms with Crippen molar-refractivity contribution >= 4 is 0 Å². The van der Waals surface area contributed by atoms with E-state index >= 15 is 0 Å². The van der Waals surface area contributed by atoms with Gasteiger partial charge >= 0.3 is 0 Å². The van der Waals surface area contributed by atoms with Crippen LogP contribution in [-0.4, -0.2) is 7.18 Å². The van der Waals surface area contributed by atoms with Gasteiger partial charge in [0.05, 0.1) is 7.18 Å². The highest BCUT2D eigenvalue weighted by atomic mass is 19.1. The number of aryl methyl sites for hydroxylation is 10. The average Bonchev–Trinajstić information content (AvgIpc) is 3.72. The fourth-order valence-corrected chi connectivity index (χ4v) is 10.3. The maximum Gasteiger partial charge on any atom is 0.0785 e. The van der Waals surface area contributed by atoms with Gasteiger partial charge in [-0.15, -0.1) is 6.58 Å². The predicted octanol–water partition coefficient (Wildman–Crippen LogP) is 20.7. The molecule has 0 aromatic heterocycles. The molecule has 4 atom stereocenters. The van der Waals surface area contributed by atoms with Gasteiger partial charge in [-0.1, -0.05) is 239 Å². The normalized spacial score (nSPS) is 16.2. The van der Waals surface area contributed by atoms with Crippen LogP contribution >= 0.6 is 0 Å². The largest absolute Gasteiger partial charge is 0.255 e. The molecule has 0 aliphatic heterocycles. The SMILES string of the molecule is C=CC(C)C.CF.Cc1ccc(-c2ccc(C)c(C(C)CCC(C)(C)C3(c4ccc(C)cc4)C=CC(C)C3c3ccccc3C)c2)cc1.Cc1ccc(C)cc1.Cc1cccc(-c2cc(C)c(C)cc2C)c1. The van der Waals surface area contributed by atoms with E-state index in [9.17, 15) is 4.39 Å². The van der Waals surface area contributed by atoms with Gasteiger partial charge in [0, 0.05) is 11.3 Å². The standard InChI is InChI=1S/C41H48.C16H18.C8H10.C5H10.CH3F/c1-28-13-18-34(19-14-28)35-20-17-31(4)38(27-35)32(5)23-25-40(7,8)41(36-21-15-29(2)16-22-36)26-24-33(6)39(41)37-12-10-9-11-30(37)3;1-11-6-5-7-15(8-11)16-10-13(3)12(2)9-14(16)4;1-7-3-5-8(2)6-4-7;1-4-5(2)3;1-2/h9-22,24,26-27,32-33,39H,23,25H2,1-8H3;5-10H,1-4H3;3-6H,1-2H3;4-5H,1H2,2-3H3;1H3. The van der Waals surface area contributed by atoms with Gasteiger partial charge in [0.1, 0.15) is 0 Å². The van der Waals surface area contributed by atoms with Crippen LogP contribution in [0.5, 0.6) is 0 Å². The average molecular weight is 961 g/mol. The fraction of sp³-hybridized carbons (Fsp3) is 0.352. The smallest absolute Gasteiger partial charge is 0.0785 e. The lowest BCUT2D eigenvalue weighted by molar-refractivity contribution is 0.148. The first-order valence-electron chi connectivity index (χ1n) is 26.4. The van der Waals surface area contributed by atoms with E-state index in [1.54, 1.807) is 0 Å². The second-order valence-electron chi connectivity index (χ2n) is 21.8. The third kappa shape index (κ3) is 15.2. The van der Waals surface area contributed by atoms with E-state index in [1.165, 1.54) is 94.6 Å². The molecular formula is C71H89F. The minimum absolute atomic E-state index is 0.0488. The van der Waals surface area contributed by atoms with Gasteiger partial charge in [-0.3, -0.25) is 4.39 Å². The van der Waals surface area contributed by atoms with E-state index in [0.29, 0.717) is 30.8 Å². The molecular weight excluding hydrogens is 872 g/mol. The zero-order chi connectivity index (χ0) is 53.3. The lowest BCUT2D eigenvalue weighted by Crippen LogP contribution is -2.45. The van der Waals surface area contributed by atoms with Gasteiger partial charge in [0.25, 0.3) is 0 Å². The van der Waals surface area contributed by atoms with E-state index in [4.69, 9.17) is 0 Å². The number of rotatable bonds is 10. The number of benzene rings is 7. The summed E-state index contributed by atoms with van der Waals surface area (Å²) in [6.45, 7) is 39.5. The predicted molar refractivity (Wildman–Crippen MR) is 317 cm³/mol. The molecule has 8 rings (SSSR count). The van der Waals surface area contributed by atoms with Crippen molar-refractivity contribution in [1.29, 1.82) is 0 Å². The highest BCUT2D eigenvalue weighted by molar-refractivity contribution is 5.69. The maximum atomic E-state index is 9.50. The topological polar surface area (TPSA) is 0 Å². The van der Waals surface area contributed by atoms with Gasteiger partial charge in [0.2, 0.25) is 0 Å². The molecule has 0 N–H and O–H groups in total. The lowest BCUT2D eigenvalue weighted by atomic mass is 9.53. The van der Waals surface area contributed by atoms with Crippen molar-refractivity contribution in [2.75, 3.05) is 7.18 Å². The van der Waals surface area contributed by atoms with Crippen LogP contribution in [0.1, 0.15) is 139 Å². The molecule has 1 heteroatoms. The van der Waals surface area contributed by atoms with Crippen molar-refractivity contribution in [1.82, 2.24) is 0 Å². The Labute approximate surface area is 438 Å². The second kappa shape index (κ2) is 27.1. The summed E-state index contributed by atoms with van der Waals surface area (Å²) in [7, 11) is 0.500. The number of hydrogen-bond donors (Lipinski definition) is 0. The summed E-state index contributed by atoms with van der Waals surface area (Å²) < 4.78 is 9.50. The number of hydrogen-bond acceptors (Lipinski definition) is 0. The number of allylic oxidation sites excluding steroid dienone is 3. The summed E-state index contributed by atoms with van der Waals surface area (Å²) in [6, 6.07) is 56.2. The molecule has 0 bridgehead atoms. The highest BCUT2D eigenvalue weighted by Crippen LogP contribution is 2.61. The van der Waals surface area contributed by atoms with Crippen LogP contribution in [0.3, 0.4) is 0 Å². The van der Waals surface area contributed by atoms with Crippen molar-refractivity contribution < 1.29 is 4.39 Å². The number of alkyl halides is 1. The minimum Gasteiger partial charge on any atom is -0.255 e. The van der Waals surface area contributed by atoms with Gasteiger partial charge in [-0.25, -0.2) is 0 Å². The third-order valence-corrected chi connectivity index (χ3v) is 15.1. The van der Waals surface area contributed by atoms with Crippen LogP contribution < -0.4 is 0 Å². The Morgan fingerprint density at radius 1 is 0.528 bits per heavy atom. The van der Waals surface area contributed by atoms with E-state index < -0.39 is 0 Å². The van der Waals surface area contributed by atoms with Crippen LogP contribution in [0.15, 0.2) is 176 Å². The summed E-state index contributed by atoms with van der Waals surface area (Å²) in [5, 5.41) is 0. The molecule has 0 spiro atoms. The van der Waals surface area contributed by atoms with Crippen molar-refractivity contribution in [2.24, 2.45) is 17.3 Å². The van der Waals surface area contributed by atoms with Crippen molar-refractivity contribution in [2.45, 2.75) is 141 Å². The Balaban J connectivity index is 0.000000293. The molecule has 0 amide bonds. The van der Waals surface area contributed by atoms with Gasteiger partial charge in [0.15, 0.2) is 0 Å². The molecule has 4 unspecified atom stereocenters. The van der Waals surface area contributed by atoms with Gasteiger partial charge < -0.3 is 0 Å². The highest BCUT2D eigenvalue weighted by Gasteiger charge is 2.54. The Morgan fingerprint density at radius 2 is 1.04 bits per heavy atom. The van der Waals surface area contributed by atoms with E-state index in [1.807, 2.05) is 6.08 Å². The molecule has 0 heterocycles. The van der Waals surface area contributed by atoms with Crippen LogP contribution in [-0.2, 0) is 5.41 Å². The first-order valence-corrected chi connectivity index (χ1v) is 26.4. The van der Waals surface area contributed by atoms with Crippen molar-refractivity contribution in [3.05, 3.63) is 249 Å². The summed E-state index contributed by atoms with van der Waals surface area (Å²) >= 11 is 0. The molecule has 0 nitrogen and oxygen atoms in total. The summed E-state index contributed by atoms with van der Waals surface area (Å²) in [5.74, 6) is 2.01. The molecule has 0 fully saturated rings. The molecule has 0 saturated carbocycles. The van der Waals surface area contributed by atoms with Crippen LogP contribution in [0.4, 0.5) is 4.39 Å². The third-order valence-electron chi connectivity index (χ3n) is 15.1. The van der Waals surface area contributed by atoms with Crippen molar-refractivity contribution in [3.8, 4) is 22.3 Å². The zero-order valence-corrected chi connectivity index (χ0v) is 47.5. The molecule has 380 valence electrons. The Bertz CT molecular complexity index is 2780.